The number of ketones is 1. The quantitative estimate of drug-likeness (QED) is 0.407. The van der Waals surface area contributed by atoms with E-state index in [9.17, 15) is 9.90 Å². The van der Waals surface area contributed by atoms with Crippen LogP contribution in [0.5, 0.6) is 23.0 Å². The smallest absolute Gasteiger partial charge is 0.186 e. The summed E-state index contributed by atoms with van der Waals surface area (Å²) < 4.78 is 15.9. The van der Waals surface area contributed by atoms with E-state index in [1.807, 2.05) is 0 Å². The standard InChI is InChI=1S/C21H24O5/c1-4-5-10-26-21-9-7-15(11-20(21)23)6-8-19(22)16-12-17(24-2)14-18(13-16)25-3/h6-9,11-14,23H,4-5,10H2,1-3H3. The van der Waals surface area contributed by atoms with E-state index in [0.29, 0.717) is 35.0 Å². The molecule has 0 atom stereocenters. The predicted molar refractivity (Wildman–Crippen MR) is 101 cm³/mol. The minimum Gasteiger partial charge on any atom is -0.504 e. The van der Waals surface area contributed by atoms with Crippen LogP contribution in [0, 0.1) is 0 Å². The van der Waals surface area contributed by atoms with Crippen LogP contribution in [-0.4, -0.2) is 31.7 Å². The minimum atomic E-state index is -0.190. The highest BCUT2D eigenvalue weighted by molar-refractivity contribution is 6.07. The van der Waals surface area contributed by atoms with Gasteiger partial charge >= 0.3 is 0 Å². The van der Waals surface area contributed by atoms with E-state index in [1.54, 1.807) is 42.5 Å². The fourth-order valence-electron chi connectivity index (χ4n) is 2.30. The van der Waals surface area contributed by atoms with Gasteiger partial charge in [0.25, 0.3) is 0 Å². The molecule has 26 heavy (non-hydrogen) atoms. The highest BCUT2D eigenvalue weighted by atomic mass is 16.5. The molecule has 0 bridgehead atoms. The number of aromatic hydroxyl groups is 1. The summed E-state index contributed by atoms with van der Waals surface area (Å²) in [7, 11) is 3.07. The molecule has 0 aliphatic heterocycles. The van der Waals surface area contributed by atoms with Gasteiger partial charge in [0.2, 0.25) is 0 Å². The van der Waals surface area contributed by atoms with Crippen LogP contribution < -0.4 is 14.2 Å². The second-order valence-electron chi connectivity index (χ2n) is 5.73. The molecule has 0 saturated carbocycles. The highest BCUT2D eigenvalue weighted by Crippen LogP contribution is 2.28. The molecule has 0 aliphatic rings. The van der Waals surface area contributed by atoms with Crippen molar-refractivity contribution in [1.29, 1.82) is 0 Å². The second kappa shape index (κ2) is 9.51. The van der Waals surface area contributed by atoms with Gasteiger partial charge < -0.3 is 19.3 Å². The van der Waals surface area contributed by atoms with Crippen molar-refractivity contribution in [2.45, 2.75) is 19.8 Å². The van der Waals surface area contributed by atoms with Crippen molar-refractivity contribution in [2.75, 3.05) is 20.8 Å². The zero-order valence-electron chi connectivity index (χ0n) is 15.3. The number of phenols is 1. The number of methoxy groups -OCH3 is 2. The third-order valence-corrected chi connectivity index (χ3v) is 3.80. The first-order valence-electron chi connectivity index (χ1n) is 8.48. The van der Waals surface area contributed by atoms with Crippen LogP contribution in [0.25, 0.3) is 6.08 Å². The normalized spacial score (nSPS) is 10.7. The lowest BCUT2D eigenvalue weighted by molar-refractivity contribution is 0.104. The Bertz CT molecular complexity index is 758. The molecule has 5 heteroatoms. The second-order valence-corrected chi connectivity index (χ2v) is 5.73. The van der Waals surface area contributed by atoms with Crippen LogP contribution in [0.2, 0.25) is 0 Å². The van der Waals surface area contributed by atoms with E-state index in [1.165, 1.54) is 20.3 Å². The van der Waals surface area contributed by atoms with E-state index >= 15 is 0 Å². The average molecular weight is 356 g/mol. The predicted octanol–water partition coefficient (Wildman–Crippen LogP) is 4.48. The summed E-state index contributed by atoms with van der Waals surface area (Å²) >= 11 is 0. The van der Waals surface area contributed by atoms with Crippen molar-refractivity contribution in [3.63, 3.8) is 0 Å². The highest BCUT2D eigenvalue weighted by Gasteiger charge is 2.08. The molecule has 138 valence electrons. The SMILES string of the molecule is CCCCOc1ccc(C=CC(=O)c2cc(OC)cc(OC)c2)cc1O. The van der Waals surface area contributed by atoms with Gasteiger partial charge in [-0.2, -0.15) is 0 Å². The summed E-state index contributed by atoms with van der Waals surface area (Å²) in [5.41, 5.74) is 1.16. The van der Waals surface area contributed by atoms with Crippen molar-refractivity contribution in [3.8, 4) is 23.0 Å². The Morgan fingerprint density at radius 3 is 2.35 bits per heavy atom. The van der Waals surface area contributed by atoms with Crippen molar-refractivity contribution >= 4 is 11.9 Å². The van der Waals surface area contributed by atoms with E-state index in [-0.39, 0.29) is 11.5 Å². The molecule has 2 aromatic carbocycles. The Morgan fingerprint density at radius 2 is 1.77 bits per heavy atom. The maximum Gasteiger partial charge on any atom is 0.186 e. The number of carbonyl (C=O) groups excluding carboxylic acids is 1. The molecule has 5 nitrogen and oxygen atoms in total. The number of rotatable bonds is 9. The third-order valence-electron chi connectivity index (χ3n) is 3.80. The number of allylic oxidation sites excluding steroid dienone is 1. The van der Waals surface area contributed by atoms with E-state index in [2.05, 4.69) is 6.92 Å². The summed E-state index contributed by atoms with van der Waals surface area (Å²) in [6.45, 7) is 2.64. The molecule has 0 unspecified atom stereocenters. The van der Waals surface area contributed by atoms with E-state index in [0.717, 1.165) is 12.8 Å². The van der Waals surface area contributed by atoms with E-state index in [4.69, 9.17) is 14.2 Å². The van der Waals surface area contributed by atoms with Gasteiger partial charge in [-0.15, -0.1) is 0 Å². The molecule has 1 N–H and O–H groups in total. The lowest BCUT2D eigenvalue weighted by Crippen LogP contribution is -1.97. The van der Waals surface area contributed by atoms with Crippen LogP contribution in [-0.2, 0) is 0 Å². The Kier molecular flexibility index (Phi) is 7.09. The van der Waals surface area contributed by atoms with Gasteiger partial charge in [0.05, 0.1) is 20.8 Å². The summed E-state index contributed by atoms with van der Waals surface area (Å²) in [6, 6.07) is 10.1. The van der Waals surface area contributed by atoms with Crippen LogP contribution in [0.15, 0.2) is 42.5 Å². The average Bonchev–Trinajstić information content (AvgIpc) is 2.67. The van der Waals surface area contributed by atoms with Crippen molar-refractivity contribution in [1.82, 2.24) is 0 Å². The van der Waals surface area contributed by atoms with Gasteiger partial charge in [-0.05, 0) is 42.3 Å². The maximum atomic E-state index is 12.4. The van der Waals surface area contributed by atoms with Crippen LogP contribution in [0.4, 0.5) is 0 Å². The van der Waals surface area contributed by atoms with Crippen molar-refractivity contribution in [3.05, 3.63) is 53.6 Å². The van der Waals surface area contributed by atoms with E-state index < -0.39 is 0 Å². The maximum absolute atomic E-state index is 12.4. The molecular weight excluding hydrogens is 332 g/mol. The summed E-state index contributed by atoms with van der Waals surface area (Å²) in [5.74, 6) is 1.41. The molecule has 0 saturated heterocycles. The lowest BCUT2D eigenvalue weighted by atomic mass is 10.1. The molecule has 0 heterocycles. The summed E-state index contributed by atoms with van der Waals surface area (Å²) in [5, 5.41) is 10.0. The molecule has 2 aromatic rings. The van der Waals surface area contributed by atoms with Crippen LogP contribution >= 0.6 is 0 Å². The van der Waals surface area contributed by atoms with Gasteiger partial charge in [0, 0.05) is 11.6 Å². The van der Waals surface area contributed by atoms with Crippen molar-refractivity contribution in [2.24, 2.45) is 0 Å². The topological polar surface area (TPSA) is 65.0 Å². The summed E-state index contributed by atoms with van der Waals surface area (Å²) in [4.78, 5) is 12.4. The number of ether oxygens (including phenoxy) is 3. The van der Waals surface area contributed by atoms with Gasteiger partial charge in [0.15, 0.2) is 17.3 Å². The molecule has 0 spiro atoms. The fraction of sp³-hybridized carbons (Fsp3) is 0.286. The Labute approximate surface area is 153 Å². The Morgan fingerprint density at radius 1 is 1.08 bits per heavy atom. The first-order chi connectivity index (χ1) is 12.6. The zero-order chi connectivity index (χ0) is 18.9. The van der Waals surface area contributed by atoms with Gasteiger partial charge in [-0.1, -0.05) is 25.5 Å². The number of unbranched alkanes of at least 4 members (excludes halogenated alkanes) is 1. The minimum absolute atomic E-state index is 0.0544. The number of benzene rings is 2. The third kappa shape index (κ3) is 5.28. The molecule has 0 radical (unpaired) electrons. The van der Waals surface area contributed by atoms with Crippen LogP contribution in [0.3, 0.4) is 0 Å². The lowest BCUT2D eigenvalue weighted by Gasteiger charge is -2.08. The zero-order valence-corrected chi connectivity index (χ0v) is 15.3. The van der Waals surface area contributed by atoms with Crippen molar-refractivity contribution < 1.29 is 24.1 Å². The first-order valence-corrected chi connectivity index (χ1v) is 8.48. The summed E-state index contributed by atoms with van der Waals surface area (Å²) in [6.07, 6.45) is 5.04. The number of hydrogen-bond donors (Lipinski definition) is 1. The Hall–Kier alpha value is -2.95. The number of carbonyl (C=O) groups is 1. The fourth-order valence-corrected chi connectivity index (χ4v) is 2.30. The molecule has 0 amide bonds. The Balaban J connectivity index is 2.11. The monoisotopic (exact) mass is 356 g/mol. The van der Waals surface area contributed by atoms with Gasteiger partial charge in [-0.3, -0.25) is 4.79 Å². The molecule has 0 aromatic heterocycles. The van der Waals surface area contributed by atoms with Crippen LogP contribution in [0.1, 0.15) is 35.7 Å². The number of hydrogen-bond acceptors (Lipinski definition) is 5. The molecular formula is C21H24O5. The molecule has 0 aliphatic carbocycles. The number of phenolic OH excluding ortho intramolecular Hbond substituents is 1. The van der Waals surface area contributed by atoms with Gasteiger partial charge in [0.1, 0.15) is 11.5 Å². The first kappa shape index (κ1) is 19.4. The molecule has 0 fully saturated rings. The van der Waals surface area contributed by atoms with Gasteiger partial charge in [-0.25, -0.2) is 0 Å². The largest absolute Gasteiger partial charge is 0.504 e. The molecule has 2 rings (SSSR count).